The largest absolute Gasteiger partial charge is 0.481 e. The van der Waals surface area contributed by atoms with Crippen LogP contribution in [0.1, 0.15) is 43.5 Å². The molecule has 6 heteroatoms. The molecule has 19 heavy (non-hydrogen) atoms. The summed E-state index contributed by atoms with van der Waals surface area (Å²) < 4.78 is 4.84. The van der Waals surface area contributed by atoms with E-state index in [1.54, 1.807) is 0 Å². The molecule has 0 atom stereocenters. The summed E-state index contributed by atoms with van der Waals surface area (Å²) in [6, 6.07) is 1.51. The van der Waals surface area contributed by atoms with Crippen LogP contribution in [0.15, 0.2) is 16.7 Å². The molecule has 0 aromatic carbocycles. The molecule has 0 saturated carbocycles. The molecule has 0 aliphatic carbocycles. The van der Waals surface area contributed by atoms with E-state index in [2.05, 4.69) is 5.32 Å². The summed E-state index contributed by atoms with van der Waals surface area (Å²) in [7, 11) is 0. The number of carboxylic acid groups (broad SMARTS) is 1. The number of rotatable bonds is 7. The van der Waals surface area contributed by atoms with Gasteiger partial charge in [0.1, 0.15) is 0 Å². The summed E-state index contributed by atoms with van der Waals surface area (Å²) >= 11 is 5.70. The maximum atomic E-state index is 11.7. The molecule has 1 rings (SSSR count). The standard InChI is InChI=1S/C13H18ClNO4/c1-13(2,5-3-10(16)17)6-7-15-12(18)9-4-8-19-11(9)14/h4,8H,3,5-7H2,1-2H3,(H,15,18)(H,16,17). The normalized spacial score (nSPS) is 11.3. The summed E-state index contributed by atoms with van der Waals surface area (Å²) in [4.78, 5) is 22.3. The molecule has 2 N–H and O–H groups in total. The first kappa shape index (κ1) is 15.6. The van der Waals surface area contributed by atoms with Crippen molar-refractivity contribution in [3.05, 3.63) is 23.1 Å². The second kappa shape index (κ2) is 6.61. The molecular weight excluding hydrogens is 270 g/mol. The van der Waals surface area contributed by atoms with Gasteiger partial charge < -0.3 is 14.8 Å². The molecule has 1 aromatic heterocycles. The number of nitrogens with one attached hydrogen (secondary N) is 1. The van der Waals surface area contributed by atoms with Gasteiger partial charge in [0.25, 0.3) is 5.91 Å². The van der Waals surface area contributed by atoms with Crippen molar-refractivity contribution < 1.29 is 19.1 Å². The third-order valence-corrected chi connectivity index (χ3v) is 3.26. The molecule has 106 valence electrons. The molecule has 0 radical (unpaired) electrons. The lowest BCUT2D eigenvalue weighted by Crippen LogP contribution is -2.28. The van der Waals surface area contributed by atoms with Gasteiger partial charge in [0.2, 0.25) is 5.22 Å². The zero-order chi connectivity index (χ0) is 14.5. The minimum atomic E-state index is -0.803. The van der Waals surface area contributed by atoms with E-state index in [-0.39, 0.29) is 23.0 Å². The number of aliphatic carboxylic acids is 1. The maximum Gasteiger partial charge on any atom is 0.303 e. The van der Waals surface area contributed by atoms with Crippen molar-refractivity contribution in [2.24, 2.45) is 5.41 Å². The molecule has 1 amide bonds. The quantitative estimate of drug-likeness (QED) is 0.808. The van der Waals surface area contributed by atoms with Crippen molar-refractivity contribution in [2.45, 2.75) is 33.1 Å². The topological polar surface area (TPSA) is 79.5 Å². The minimum absolute atomic E-state index is 0.0719. The van der Waals surface area contributed by atoms with Crippen molar-refractivity contribution in [1.82, 2.24) is 5.32 Å². The summed E-state index contributed by atoms with van der Waals surface area (Å²) in [6.07, 6.45) is 2.76. The smallest absolute Gasteiger partial charge is 0.303 e. The van der Waals surface area contributed by atoms with E-state index in [0.717, 1.165) is 0 Å². The number of carboxylic acids is 1. The molecule has 0 bridgehead atoms. The van der Waals surface area contributed by atoms with Crippen LogP contribution >= 0.6 is 11.6 Å². The Labute approximate surface area is 116 Å². The van der Waals surface area contributed by atoms with E-state index in [0.29, 0.717) is 24.9 Å². The molecule has 0 spiro atoms. The number of hydrogen-bond acceptors (Lipinski definition) is 3. The molecular formula is C13H18ClNO4. The van der Waals surface area contributed by atoms with E-state index in [1.807, 2.05) is 13.8 Å². The number of amides is 1. The maximum absolute atomic E-state index is 11.7. The highest BCUT2D eigenvalue weighted by Gasteiger charge is 2.20. The Bertz CT molecular complexity index is 453. The van der Waals surface area contributed by atoms with Gasteiger partial charge in [-0.1, -0.05) is 13.8 Å². The first-order valence-electron chi connectivity index (χ1n) is 6.05. The van der Waals surface area contributed by atoms with Gasteiger partial charge in [-0.25, -0.2) is 0 Å². The zero-order valence-electron chi connectivity index (χ0n) is 11.0. The molecule has 0 aliphatic rings. The van der Waals surface area contributed by atoms with Crippen LogP contribution in [0.2, 0.25) is 5.22 Å². The van der Waals surface area contributed by atoms with Gasteiger partial charge in [-0.05, 0) is 35.9 Å². The number of furan rings is 1. The second-order valence-corrected chi connectivity index (χ2v) is 5.52. The lowest BCUT2D eigenvalue weighted by atomic mass is 9.84. The number of carbonyl (C=O) groups excluding carboxylic acids is 1. The van der Waals surface area contributed by atoms with Crippen LogP contribution in [0.25, 0.3) is 0 Å². The summed E-state index contributed by atoms with van der Waals surface area (Å²) in [5, 5.41) is 11.5. The highest BCUT2D eigenvalue weighted by atomic mass is 35.5. The van der Waals surface area contributed by atoms with E-state index < -0.39 is 5.97 Å². The van der Waals surface area contributed by atoms with Gasteiger partial charge in [0.05, 0.1) is 11.8 Å². The third-order valence-electron chi connectivity index (χ3n) is 2.97. The van der Waals surface area contributed by atoms with Crippen molar-refractivity contribution in [2.75, 3.05) is 6.54 Å². The first-order chi connectivity index (χ1) is 8.82. The van der Waals surface area contributed by atoms with Crippen LogP contribution in [-0.2, 0) is 4.79 Å². The SMILES string of the molecule is CC(C)(CCNC(=O)c1ccoc1Cl)CCC(=O)O. The van der Waals surface area contributed by atoms with Crippen LogP contribution in [0.4, 0.5) is 0 Å². The lowest BCUT2D eigenvalue weighted by molar-refractivity contribution is -0.137. The average Bonchev–Trinajstić information content (AvgIpc) is 2.73. The third kappa shape index (κ3) is 5.34. The van der Waals surface area contributed by atoms with E-state index in [4.69, 9.17) is 21.1 Å². The van der Waals surface area contributed by atoms with Crippen LogP contribution in [0, 0.1) is 5.41 Å². The Balaban J connectivity index is 2.35. The van der Waals surface area contributed by atoms with Crippen LogP contribution in [0.5, 0.6) is 0 Å². The van der Waals surface area contributed by atoms with Crippen LogP contribution < -0.4 is 5.32 Å². The first-order valence-corrected chi connectivity index (χ1v) is 6.42. The average molecular weight is 288 g/mol. The van der Waals surface area contributed by atoms with Gasteiger partial charge in [-0.3, -0.25) is 9.59 Å². The second-order valence-electron chi connectivity index (χ2n) is 5.17. The van der Waals surface area contributed by atoms with Gasteiger partial charge in [-0.15, -0.1) is 0 Å². The monoisotopic (exact) mass is 287 g/mol. The van der Waals surface area contributed by atoms with Gasteiger partial charge in [-0.2, -0.15) is 0 Å². The summed E-state index contributed by atoms with van der Waals surface area (Å²) in [6.45, 7) is 4.42. The number of hydrogen-bond donors (Lipinski definition) is 2. The van der Waals surface area contributed by atoms with E-state index >= 15 is 0 Å². The molecule has 5 nitrogen and oxygen atoms in total. The summed E-state index contributed by atoms with van der Waals surface area (Å²) in [5.41, 5.74) is 0.177. The van der Waals surface area contributed by atoms with Crippen molar-refractivity contribution in [1.29, 1.82) is 0 Å². The van der Waals surface area contributed by atoms with Crippen molar-refractivity contribution in [3.8, 4) is 0 Å². The van der Waals surface area contributed by atoms with Gasteiger partial charge in [0.15, 0.2) is 0 Å². The fourth-order valence-electron chi connectivity index (χ4n) is 1.64. The molecule has 0 saturated heterocycles. The lowest BCUT2D eigenvalue weighted by Gasteiger charge is -2.23. The fourth-order valence-corrected chi connectivity index (χ4v) is 1.84. The fraction of sp³-hybridized carbons (Fsp3) is 0.538. The number of carbonyl (C=O) groups is 2. The summed E-state index contributed by atoms with van der Waals surface area (Å²) in [5.74, 6) is -1.09. The van der Waals surface area contributed by atoms with E-state index in [9.17, 15) is 9.59 Å². The predicted octanol–water partition coefficient (Wildman–Crippen LogP) is 2.94. The molecule has 0 aliphatic heterocycles. The van der Waals surface area contributed by atoms with Crippen molar-refractivity contribution in [3.63, 3.8) is 0 Å². The highest BCUT2D eigenvalue weighted by molar-refractivity contribution is 6.32. The minimum Gasteiger partial charge on any atom is -0.481 e. The highest BCUT2D eigenvalue weighted by Crippen LogP contribution is 2.26. The Morgan fingerprint density at radius 1 is 1.42 bits per heavy atom. The Morgan fingerprint density at radius 3 is 2.63 bits per heavy atom. The molecule has 1 aromatic rings. The van der Waals surface area contributed by atoms with Crippen molar-refractivity contribution >= 4 is 23.5 Å². The Hall–Kier alpha value is -1.49. The number of halogens is 1. The molecule has 1 heterocycles. The van der Waals surface area contributed by atoms with Crippen LogP contribution in [0.3, 0.4) is 0 Å². The predicted molar refractivity (Wildman–Crippen MR) is 71.3 cm³/mol. The van der Waals surface area contributed by atoms with Crippen LogP contribution in [-0.4, -0.2) is 23.5 Å². The Morgan fingerprint density at radius 2 is 2.11 bits per heavy atom. The zero-order valence-corrected chi connectivity index (χ0v) is 11.8. The Kier molecular flexibility index (Phi) is 5.42. The molecule has 0 fully saturated rings. The van der Waals surface area contributed by atoms with E-state index in [1.165, 1.54) is 12.3 Å². The van der Waals surface area contributed by atoms with Gasteiger partial charge >= 0.3 is 5.97 Å². The van der Waals surface area contributed by atoms with Gasteiger partial charge in [0, 0.05) is 13.0 Å². The molecule has 0 unspecified atom stereocenters.